The number of amides is 1. The Morgan fingerprint density at radius 3 is 2.70 bits per heavy atom. The van der Waals surface area contributed by atoms with Gasteiger partial charge in [-0.05, 0) is 44.0 Å². The van der Waals surface area contributed by atoms with E-state index in [0.717, 1.165) is 37.2 Å². The Morgan fingerprint density at radius 2 is 2.00 bits per heavy atom. The maximum absolute atomic E-state index is 11.8. The summed E-state index contributed by atoms with van der Waals surface area (Å²) in [7, 11) is 0. The van der Waals surface area contributed by atoms with Crippen molar-refractivity contribution >= 4 is 5.91 Å². The number of hydrogen-bond acceptors (Lipinski definition) is 3. The molecule has 0 aromatic heterocycles. The summed E-state index contributed by atoms with van der Waals surface area (Å²) in [5, 5.41) is 6.18. The van der Waals surface area contributed by atoms with E-state index in [4.69, 9.17) is 4.74 Å². The first-order valence-electron chi connectivity index (χ1n) is 7.41. The Kier molecular flexibility index (Phi) is 7.73. The molecule has 1 rings (SSSR count). The van der Waals surface area contributed by atoms with Crippen LogP contribution < -0.4 is 15.4 Å². The zero-order chi connectivity index (χ0) is 14.8. The molecule has 0 aliphatic rings. The zero-order valence-corrected chi connectivity index (χ0v) is 12.7. The quantitative estimate of drug-likeness (QED) is 0.682. The molecule has 0 bridgehead atoms. The first-order chi connectivity index (χ1) is 9.67. The minimum atomic E-state index is -0.472. The number of rotatable bonds is 9. The van der Waals surface area contributed by atoms with Crippen molar-refractivity contribution in [3.05, 3.63) is 29.8 Å². The van der Waals surface area contributed by atoms with Crippen LogP contribution in [-0.4, -0.2) is 25.1 Å². The molecule has 4 heteroatoms. The van der Waals surface area contributed by atoms with Crippen molar-refractivity contribution < 1.29 is 9.53 Å². The highest BCUT2D eigenvalue weighted by Crippen LogP contribution is 2.15. The minimum Gasteiger partial charge on any atom is -0.481 e. The van der Waals surface area contributed by atoms with E-state index in [-0.39, 0.29) is 5.91 Å². The molecule has 112 valence electrons. The topological polar surface area (TPSA) is 50.4 Å². The molecule has 1 aromatic rings. The van der Waals surface area contributed by atoms with Crippen LogP contribution in [0.1, 0.15) is 39.2 Å². The molecule has 1 amide bonds. The Morgan fingerprint density at radius 1 is 1.25 bits per heavy atom. The molecule has 4 nitrogen and oxygen atoms in total. The van der Waals surface area contributed by atoms with E-state index in [1.54, 1.807) is 6.92 Å². The Labute approximate surface area is 121 Å². The molecule has 0 aliphatic heterocycles. The largest absolute Gasteiger partial charge is 0.481 e. The molecule has 1 unspecified atom stereocenters. The van der Waals surface area contributed by atoms with Crippen LogP contribution in [0.2, 0.25) is 0 Å². The molecular formula is C16H26N2O2. The summed E-state index contributed by atoms with van der Waals surface area (Å²) in [5.74, 6) is 0.668. The fraction of sp³-hybridized carbons (Fsp3) is 0.562. The summed E-state index contributed by atoms with van der Waals surface area (Å²) in [6, 6.07) is 7.87. The highest BCUT2D eigenvalue weighted by atomic mass is 16.5. The SMILES string of the molecule is CCCNCc1cccc(OC(C)C(=O)NCCC)c1. The van der Waals surface area contributed by atoms with Crippen molar-refractivity contribution in [2.45, 2.75) is 46.3 Å². The fourth-order valence-electron chi connectivity index (χ4n) is 1.79. The molecular weight excluding hydrogens is 252 g/mol. The average molecular weight is 278 g/mol. The van der Waals surface area contributed by atoms with Crippen LogP contribution in [0.15, 0.2) is 24.3 Å². The van der Waals surface area contributed by atoms with E-state index in [1.165, 1.54) is 0 Å². The van der Waals surface area contributed by atoms with Gasteiger partial charge in [-0.25, -0.2) is 0 Å². The standard InChI is InChI=1S/C16H26N2O2/c1-4-9-17-12-14-7-6-8-15(11-14)20-13(3)16(19)18-10-5-2/h6-8,11,13,17H,4-5,9-10,12H2,1-3H3,(H,18,19). The third kappa shape index (κ3) is 6.06. The highest BCUT2D eigenvalue weighted by Gasteiger charge is 2.13. The molecule has 1 aromatic carbocycles. The lowest BCUT2D eigenvalue weighted by molar-refractivity contribution is -0.127. The molecule has 0 aliphatic carbocycles. The molecule has 0 heterocycles. The van der Waals surface area contributed by atoms with Gasteiger partial charge in [0.15, 0.2) is 6.10 Å². The van der Waals surface area contributed by atoms with Gasteiger partial charge >= 0.3 is 0 Å². The van der Waals surface area contributed by atoms with Crippen LogP contribution in [0.25, 0.3) is 0 Å². The monoisotopic (exact) mass is 278 g/mol. The van der Waals surface area contributed by atoms with Crippen LogP contribution in [0.5, 0.6) is 5.75 Å². The third-order valence-electron chi connectivity index (χ3n) is 2.89. The van der Waals surface area contributed by atoms with Gasteiger partial charge in [0.05, 0.1) is 0 Å². The van der Waals surface area contributed by atoms with Crippen LogP contribution >= 0.6 is 0 Å². The van der Waals surface area contributed by atoms with Crippen molar-refractivity contribution in [1.29, 1.82) is 0 Å². The second-order valence-corrected chi connectivity index (χ2v) is 4.88. The molecule has 1 atom stereocenters. The summed E-state index contributed by atoms with van der Waals surface area (Å²) >= 11 is 0. The van der Waals surface area contributed by atoms with E-state index < -0.39 is 6.10 Å². The number of nitrogens with one attached hydrogen (secondary N) is 2. The van der Waals surface area contributed by atoms with E-state index in [2.05, 4.69) is 23.6 Å². The number of hydrogen-bond donors (Lipinski definition) is 2. The predicted molar refractivity (Wildman–Crippen MR) is 81.8 cm³/mol. The number of ether oxygens (including phenoxy) is 1. The average Bonchev–Trinajstić information content (AvgIpc) is 2.45. The summed E-state index contributed by atoms with van der Waals surface area (Å²) in [6.45, 7) is 8.45. The van der Waals surface area contributed by atoms with Crippen LogP contribution in [0.4, 0.5) is 0 Å². The van der Waals surface area contributed by atoms with Gasteiger partial charge in [-0.3, -0.25) is 4.79 Å². The van der Waals surface area contributed by atoms with E-state index in [1.807, 2.05) is 25.1 Å². The highest BCUT2D eigenvalue weighted by molar-refractivity contribution is 5.80. The summed E-state index contributed by atoms with van der Waals surface area (Å²) in [6.07, 6.45) is 1.57. The Balaban J connectivity index is 2.50. The van der Waals surface area contributed by atoms with Gasteiger partial charge in [-0.2, -0.15) is 0 Å². The van der Waals surface area contributed by atoms with Crippen molar-refractivity contribution in [1.82, 2.24) is 10.6 Å². The van der Waals surface area contributed by atoms with E-state index in [0.29, 0.717) is 6.54 Å². The molecule has 2 N–H and O–H groups in total. The normalized spacial score (nSPS) is 11.9. The molecule has 0 saturated carbocycles. The fourth-order valence-corrected chi connectivity index (χ4v) is 1.79. The van der Waals surface area contributed by atoms with Gasteiger partial charge in [0.25, 0.3) is 5.91 Å². The second-order valence-electron chi connectivity index (χ2n) is 4.88. The van der Waals surface area contributed by atoms with E-state index >= 15 is 0 Å². The second kappa shape index (κ2) is 9.37. The minimum absolute atomic E-state index is 0.0682. The van der Waals surface area contributed by atoms with Crippen molar-refractivity contribution in [2.24, 2.45) is 0 Å². The number of carbonyl (C=O) groups is 1. The molecule has 0 radical (unpaired) electrons. The van der Waals surface area contributed by atoms with Crippen LogP contribution in [-0.2, 0) is 11.3 Å². The van der Waals surface area contributed by atoms with Gasteiger partial charge in [0.1, 0.15) is 5.75 Å². The summed E-state index contributed by atoms with van der Waals surface area (Å²) < 4.78 is 5.68. The molecule has 0 fully saturated rings. The van der Waals surface area contributed by atoms with Gasteiger partial charge in [-0.15, -0.1) is 0 Å². The van der Waals surface area contributed by atoms with Crippen molar-refractivity contribution in [2.75, 3.05) is 13.1 Å². The van der Waals surface area contributed by atoms with Gasteiger partial charge in [-0.1, -0.05) is 26.0 Å². The number of carbonyl (C=O) groups excluding carboxylic acids is 1. The first kappa shape index (κ1) is 16.5. The first-order valence-corrected chi connectivity index (χ1v) is 7.41. The Hall–Kier alpha value is -1.55. The Bertz CT molecular complexity index is 407. The maximum atomic E-state index is 11.8. The van der Waals surface area contributed by atoms with Crippen molar-refractivity contribution in [3.63, 3.8) is 0 Å². The van der Waals surface area contributed by atoms with Crippen LogP contribution in [0.3, 0.4) is 0 Å². The molecule has 0 saturated heterocycles. The lowest BCUT2D eigenvalue weighted by atomic mass is 10.2. The number of benzene rings is 1. The summed E-state index contributed by atoms with van der Waals surface area (Å²) in [5.41, 5.74) is 1.16. The predicted octanol–water partition coefficient (Wildman–Crippen LogP) is 2.48. The van der Waals surface area contributed by atoms with Crippen LogP contribution in [0, 0.1) is 0 Å². The zero-order valence-electron chi connectivity index (χ0n) is 12.7. The molecule has 20 heavy (non-hydrogen) atoms. The lowest BCUT2D eigenvalue weighted by Crippen LogP contribution is -2.36. The third-order valence-corrected chi connectivity index (χ3v) is 2.89. The van der Waals surface area contributed by atoms with E-state index in [9.17, 15) is 4.79 Å². The van der Waals surface area contributed by atoms with Gasteiger partial charge in [0.2, 0.25) is 0 Å². The van der Waals surface area contributed by atoms with Gasteiger partial charge < -0.3 is 15.4 Å². The van der Waals surface area contributed by atoms with Crippen molar-refractivity contribution in [3.8, 4) is 5.75 Å². The summed E-state index contributed by atoms with van der Waals surface area (Å²) in [4.78, 5) is 11.8. The maximum Gasteiger partial charge on any atom is 0.260 e. The van der Waals surface area contributed by atoms with Gasteiger partial charge in [0, 0.05) is 13.1 Å². The lowest BCUT2D eigenvalue weighted by Gasteiger charge is -2.15. The molecule has 0 spiro atoms. The smallest absolute Gasteiger partial charge is 0.260 e.